The zero-order valence-corrected chi connectivity index (χ0v) is 10.5. The van der Waals surface area contributed by atoms with Crippen molar-refractivity contribution in [3.05, 3.63) is 45.0 Å². The van der Waals surface area contributed by atoms with Crippen LogP contribution in [0.15, 0.2) is 21.2 Å². The van der Waals surface area contributed by atoms with Crippen molar-refractivity contribution < 1.29 is 4.42 Å². The summed E-state index contributed by atoms with van der Waals surface area (Å²) in [5, 5.41) is 4.16. The van der Waals surface area contributed by atoms with E-state index in [0.717, 1.165) is 17.1 Å². The molecule has 0 radical (unpaired) electrons. The molecular formula is C12H16N2OS. The van der Waals surface area contributed by atoms with E-state index in [1.54, 1.807) is 11.3 Å². The molecule has 0 aliphatic carbocycles. The summed E-state index contributed by atoms with van der Waals surface area (Å²) in [5.74, 6) is 7.55. The first-order valence-electron chi connectivity index (χ1n) is 5.20. The van der Waals surface area contributed by atoms with Crippen molar-refractivity contribution in [1.82, 2.24) is 5.43 Å². The van der Waals surface area contributed by atoms with E-state index in [1.165, 1.54) is 11.1 Å². The van der Waals surface area contributed by atoms with E-state index in [4.69, 9.17) is 10.3 Å². The summed E-state index contributed by atoms with van der Waals surface area (Å²) in [6.07, 6.45) is 0. The molecule has 2 heterocycles. The Morgan fingerprint density at radius 3 is 2.50 bits per heavy atom. The lowest BCUT2D eigenvalue weighted by Gasteiger charge is -2.15. The fraction of sp³-hybridized carbons (Fsp3) is 0.333. The summed E-state index contributed by atoms with van der Waals surface area (Å²) >= 11 is 1.67. The molecule has 1 unspecified atom stereocenters. The van der Waals surface area contributed by atoms with Crippen LogP contribution in [0.5, 0.6) is 0 Å². The maximum atomic E-state index is 5.66. The van der Waals surface area contributed by atoms with Gasteiger partial charge in [-0.3, -0.25) is 5.84 Å². The van der Waals surface area contributed by atoms with E-state index in [9.17, 15) is 0 Å². The number of aryl methyl sites for hydroxylation is 2. The molecule has 0 saturated heterocycles. The molecule has 0 aliphatic heterocycles. The standard InChI is InChI=1S/C12H16N2OS/c1-7-8(2)15-9(3)11(7)12(14-13)10-4-5-16-6-10/h4-6,12,14H,13H2,1-3H3. The third kappa shape index (κ3) is 1.80. The molecule has 0 saturated carbocycles. The highest BCUT2D eigenvalue weighted by Gasteiger charge is 2.21. The fourth-order valence-corrected chi connectivity index (χ4v) is 2.71. The van der Waals surface area contributed by atoms with Crippen LogP contribution in [0.1, 0.15) is 34.3 Å². The number of hydrogen-bond donors (Lipinski definition) is 2. The predicted molar refractivity (Wildman–Crippen MR) is 66.4 cm³/mol. The minimum absolute atomic E-state index is 0.0173. The van der Waals surface area contributed by atoms with Gasteiger partial charge in [-0.15, -0.1) is 0 Å². The first-order valence-corrected chi connectivity index (χ1v) is 6.14. The summed E-state index contributed by atoms with van der Waals surface area (Å²) in [4.78, 5) is 0. The number of hydrazine groups is 1. The summed E-state index contributed by atoms with van der Waals surface area (Å²) in [5.41, 5.74) is 6.37. The van der Waals surface area contributed by atoms with E-state index < -0.39 is 0 Å². The van der Waals surface area contributed by atoms with E-state index in [1.807, 2.05) is 13.8 Å². The van der Waals surface area contributed by atoms with Crippen LogP contribution in [0, 0.1) is 20.8 Å². The number of thiophene rings is 1. The topological polar surface area (TPSA) is 51.2 Å². The zero-order chi connectivity index (χ0) is 11.7. The Balaban J connectivity index is 2.49. The smallest absolute Gasteiger partial charge is 0.106 e. The molecule has 3 N–H and O–H groups in total. The second kappa shape index (κ2) is 4.41. The largest absolute Gasteiger partial charge is 0.466 e. The Morgan fingerprint density at radius 1 is 1.31 bits per heavy atom. The summed E-state index contributed by atoms with van der Waals surface area (Å²) in [7, 11) is 0. The Bertz CT molecular complexity index is 473. The predicted octanol–water partition coefficient (Wildman–Crippen LogP) is 2.82. The second-order valence-electron chi connectivity index (χ2n) is 3.91. The zero-order valence-electron chi connectivity index (χ0n) is 9.70. The van der Waals surface area contributed by atoms with Gasteiger partial charge in [0.2, 0.25) is 0 Å². The van der Waals surface area contributed by atoms with E-state index in [0.29, 0.717) is 0 Å². The maximum Gasteiger partial charge on any atom is 0.106 e. The minimum atomic E-state index is 0.0173. The van der Waals surface area contributed by atoms with Crippen LogP contribution in [-0.4, -0.2) is 0 Å². The SMILES string of the molecule is Cc1oc(C)c(C(NN)c2ccsc2)c1C. The molecule has 16 heavy (non-hydrogen) atoms. The molecule has 0 bridgehead atoms. The number of nitrogens with two attached hydrogens (primary N) is 1. The van der Waals surface area contributed by atoms with E-state index in [2.05, 4.69) is 29.2 Å². The molecule has 86 valence electrons. The molecule has 1 atom stereocenters. The van der Waals surface area contributed by atoms with Gasteiger partial charge in [-0.2, -0.15) is 11.3 Å². The van der Waals surface area contributed by atoms with Gasteiger partial charge in [0.15, 0.2) is 0 Å². The Labute approximate surface area is 99.2 Å². The average molecular weight is 236 g/mol. The minimum Gasteiger partial charge on any atom is -0.466 e. The number of rotatable bonds is 3. The Kier molecular flexibility index (Phi) is 3.14. The van der Waals surface area contributed by atoms with Crippen molar-refractivity contribution in [2.75, 3.05) is 0 Å². The lowest BCUT2D eigenvalue weighted by atomic mass is 9.98. The molecule has 2 rings (SSSR count). The third-order valence-corrected chi connectivity index (χ3v) is 3.65. The molecule has 0 spiro atoms. The van der Waals surface area contributed by atoms with Crippen LogP contribution in [0.3, 0.4) is 0 Å². The van der Waals surface area contributed by atoms with Crippen molar-refractivity contribution >= 4 is 11.3 Å². The third-order valence-electron chi connectivity index (χ3n) is 2.95. The van der Waals surface area contributed by atoms with E-state index in [-0.39, 0.29) is 6.04 Å². The average Bonchev–Trinajstić information content (AvgIpc) is 2.84. The number of nitrogens with one attached hydrogen (secondary N) is 1. The van der Waals surface area contributed by atoms with Crippen LogP contribution < -0.4 is 11.3 Å². The molecule has 0 amide bonds. The summed E-state index contributed by atoms with van der Waals surface area (Å²) < 4.78 is 5.63. The lowest BCUT2D eigenvalue weighted by molar-refractivity contribution is 0.494. The number of hydrogen-bond acceptors (Lipinski definition) is 4. The first-order chi connectivity index (χ1) is 7.65. The Morgan fingerprint density at radius 2 is 2.06 bits per heavy atom. The maximum absolute atomic E-state index is 5.66. The molecule has 0 aromatic carbocycles. The van der Waals surface area contributed by atoms with Crippen molar-refractivity contribution in [2.24, 2.45) is 5.84 Å². The Hall–Kier alpha value is -1.10. The van der Waals surface area contributed by atoms with Crippen molar-refractivity contribution in [3.63, 3.8) is 0 Å². The first kappa shape index (κ1) is 11.4. The second-order valence-corrected chi connectivity index (χ2v) is 4.69. The van der Waals surface area contributed by atoms with Gasteiger partial charge < -0.3 is 4.42 Å². The van der Waals surface area contributed by atoms with Gasteiger partial charge in [0, 0.05) is 5.56 Å². The monoisotopic (exact) mass is 236 g/mol. The molecule has 0 aliphatic rings. The molecule has 0 fully saturated rings. The molecule has 2 aromatic rings. The molecular weight excluding hydrogens is 220 g/mol. The highest BCUT2D eigenvalue weighted by atomic mass is 32.1. The molecule has 3 nitrogen and oxygen atoms in total. The van der Waals surface area contributed by atoms with Crippen LogP contribution in [0.2, 0.25) is 0 Å². The quantitative estimate of drug-likeness (QED) is 0.636. The van der Waals surface area contributed by atoms with Gasteiger partial charge in [0.05, 0.1) is 6.04 Å². The number of furan rings is 1. The van der Waals surface area contributed by atoms with Crippen LogP contribution in [-0.2, 0) is 0 Å². The molecule has 4 heteroatoms. The van der Waals surface area contributed by atoms with E-state index >= 15 is 0 Å². The normalized spacial score (nSPS) is 13.0. The van der Waals surface area contributed by atoms with Crippen molar-refractivity contribution in [3.8, 4) is 0 Å². The van der Waals surface area contributed by atoms with Gasteiger partial charge >= 0.3 is 0 Å². The molecule has 2 aromatic heterocycles. The highest BCUT2D eigenvalue weighted by molar-refractivity contribution is 7.08. The van der Waals surface area contributed by atoms with Crippen LogP contribution in [0.25, 0.3) is 0 Å². The summed E-state index contributed by atoms with van der Waals surface area (Å²) in [6, 6.07) is 2.10. The van der Waals surface area contributed by atoms with Gasteiger partial charge in [-0.1, -0.05) is 0 Å². The fourth-order valence-electron chi connectivity index (χ4n) is 2.02. The van der Waals surface area contributed by atoms with Crippen LogP contribution >= 0.6 is 11.3 Å². The van der Waals surface area contributed by atoms with Crippen LogP contribution in [0.4, 0.5) is 0 Å². The lowest BCUT2D eigenvalue weighted by Crippen LogP contribution is -2.29. The van der Waals surface area contributed by atoms with Gasteiger partial charge in [-0.05, 0) is 48.7 Å². The van der Waals surface area contributed by atoms with Crippen molar-refractivity contribution in [2.45, 2.75) is 26.8 Å². The summed E-state index contributed by atoms with van der Waals surface area (Å²) in [6.45, 7) is 6.02. The van der Waals surface area contributed by atoms with Crippen molar-refractivity contribution in [1.29, 1.82) is 0 Å². The highest BCUT2D eigenvalue weighted by Crippen LogP contribution is 2.31. The van der Waals surface area contributed by atoms with Gasteiger partial charge in [0.1, 0.15) is 11.5 Å². The van der Waals surface area contributed by atoms with Gasteiger partial charge in [-0.25, -0.2) is 5.43 Å². The van der Waals surface area contributed by atoms with Gasteiger partial charge in [0.25, 0.3) is 0 Å².